The SMILES string of the molecule is CCCC[C@@H](CC)C[NH2+]C[C@H](O)COCc1ccc(OC)c(OC)c1. The molecule has 2 atom stereocenters. The molecule has 1 aromatic rings. The van der Waals surface area contributed by atoms with Crippen molar-refractivity contribution < 1.29 is 24.6 Å². The molecule has 0 aromatic heterocycles. The number of methoxy groups -OCH3 is 2. The number of benzene rings is 1. The topological polar surface area (TPSA) is 64.5 Å². The predicted octanol–water partition coefficient (Wildman–Crippen LogP) is 2.36. The largest absolute Gasteiger partial charge is 0.493 e. The first-order chi connectivity index (χ1) is 12.1. The summed E-state index contributed by atoms with van der Waals surface area (Å²) in [6.07, 6.45) is 4.60. The number of quaternary nitrogens is 1. The zero-order valence-electron chi connectivity index (χ0n) is 16.3. The quantitative estimate of drug-likeness (QED) is 0.538. The Hall–Kier alpha value is -1.30. The lowest BCUT2D eigenvalue weighted by Gasteiger charge is -2.15. The van der Waals surface area contributed by atoms with Crippen LogP contribution in [-0.4, -0.2) is 45.1 Å². The zero-order valence-corrected chi connectivity index (χ0v) is 16.3. The number of aliphatic hydroxyl groups is 1. The van der Waals surface area contributed by atoms with Crippen LogP contribution >= 0.6 is 0 Å². The molecule has 0 heterocycles. The lowest BCUT2D eigenvalue weighted by molar-refractivity contribution is -0.667. The molecule has 0 aliphatic carbocycles. The van der Waals surface area contributed by atoms with Crippen LogP contribution in [0.1, 0.15) is 45.1 Å². The van der Waals surface area contributed by atoms with E-state index in [1.165, 1.54) is 25.7 Å². The Kier molecular flexibility index (Phi) is 11.3. The van der Waals surface area contributed by atoms with Gasteiger partial charge in [-0.25, -0.2) is 0 Å². The first kappa shape index (κ1) is 21.7. The van der Waals surface area contributed by atoms with Gasteiger partial charge in [-0.3, -0.25) is 0 Å². The summed E-state index contributed by atoms with van der Waals surface area (Å²) in [4.78, 5) is 0. The fraction of sp³-hybridized carbons (Fsp3) is 0.700. The molecular formula is C20H36NO4+. The van der Waals surface area contributed by atoms with Crippen molar-refractivity contribution in [1.82, 2.24) is 0 Å². The van der Waals surface area contributed by atoms with Gasteiger partial charge < -0.3 is 24.6 Å². The summed E-state index contributed by atoms with van der Waals surface area (Å²) >= 11 is 0. The van der Waals surface area contributed by atoms with Gasteiger partial charge in [0.05, 0.1) is 34.0 Å². The summed E-state index contributed by atoms with van der Waals surface area (Å²) in [5, 5.41) is 12.3. The molecule has 5 nitrogen and oxygen atoms in total. The fourth-order valence-corrected chi connectivity index (χ4v) is 2.86. The fourth-order valence-electron chi connectivity index (χ4n) is 2.86. The second-order valence-electron chi connectivity index (χ2n) is 6.53. The molecule has 5 heteroatoms. The molecule has 0 unspecified atom stereocenters. The summed E-state index contributed by atoms with van der Waals surface area (Å²) in [5.41, 5.74) is 0.999. The maximum absolute atomic E-state index is 10.1. The maximum Gasteiger partial charge on any atom is 0.161 e. The summed E-state index contributed by atoms with van der Waals surface area (Å²) in [7, 11) is 3.23. The van der Waals surface area contributed by atoms with Gasteiger partial charge in [0.15, 0.2) is 11.5 Å². The van der Waals surface area contributed by atoms with E-state index in [1.54, 1.807) is 14.2 Å². The van der Waals surface area contributed by atoms with Crippen LogP contribution < -0.4 is 14.8 Å². The second-order valence-corrected chi connectivity index (χ2v) is 6.53. The third-order valence-electron chi connectivity index (χ3n) is 4.51. The number of nitrogens with two attached hydrogens (primary N) is 1. The number of aliphatic hydroxyl groups excluding tert-OH is 1. The molecule has 0 bridgehead atoms. The molecule has 0 amide bonds. The average Bonchev–Trinajstić information content (AvgIpc) is 2.64. The van der Waals surface area contributed by atoms with Gasteiger partial charge in [0, 0.05) is 5.92 Å². The summed E-state index contributed by atoms with van der Waals surface area (Å²) < 4.78 is 16.1. The Labute approximate surface area is 152 Å². The van der Waals surface area contributed by atoms with Gasteiger partial charge in [0.25, 0.3) is 0 Å². The van der Waals surface area contributed by atoms with Crippen molar-refractivity contribution in [3.05, 3.63) is 23.8 Å². The highest BCUT2D eigenvalue weighted by Gasteiger charge is 2.11. The Morgan fingerprint density at radius 1 is 1.08 bits per heavy atom. The van der Waals surface area contributed by atoms with Crippen molar-refractivity contribution in [2.45, 2.75) is 52.2 Å². The van der Waals surface area contributed by atoms with Crippen LogP contribution in [-0.2, 0) is 11.3 Å². The molecule has 0 saturated heterocycles. The van der Waals surface area contributed by atoms with Crippen LogP contribution in [0.2, 0.25) is 0 Å². The van der Waals surface area contributed by atoms with Crippen LogP contribution in [0.25, 0.3) is 0 Å². The number of unbranched alkanes of at least 4 members (excludes halogenated alkanes) is 1. The van der Waals surface area contributed by atoms with E-state index in [4.69, 9.17) is 14.2 Å². The first-order valence-electron chi connectivity index (χ1n) is 9.42. The molecule has 0 spiro atoms. The number of ether oxygens (including phenoxy) is 3. The standard InChI is InChI=1S/C20H35NO4/c1-5-7-8-16(6-2)12-21-13-18(22)15-25-14-17-9-10-19(23-3)20(11-17)24-4/h9-11,16,18,21-22H,5-8,12-15H2,1-4H3/p+1/t16-,18+/m1/s1. The highest BCUT2D eigenvalue weighted by Crippen LogP contribution is 2.27. The Morgan fingerprint density at radius 3 is 2.48 bits per heavy atom. The molecule has 0 fully saturated rings. The lowest BCUT2D eigenvalue weighted by Crippen LogP contribution is -2.87. The molecule has 144 valence electrons. The van der Waals surface area contributed by atoms with Crippen LogP contribution in [0.4, 0.5) is 0 Å². The van der Waals surface area contributed by atoms with Gasteiger partial charge in [-0.15, -0.1) is 0 Å². The highest BCUT2D eigenvalue weighted by molar-refractivity contribution is 5.42. The van der Waals surface area contributed by atoms with E-state index >= 15 is 0 Å². The minimum absolute atomic E-state index is 0.344. The molecule has 0 radical (unpaired) electrons. The van der Waals surface area contributed by atoms with Crippen molar-refractivity contribution in [2.75, 3.05) is 33.9 Å². The average molecular weight is 355 g/mol. The van der Waals surface area contributed by atoms with E-state index in [9.17, 15) is 5.11 Å². The third-order valence-corrected chi connectivity index (χ3v) is 4.51. The molecule has 3 N–H and O–H groups in total. The zero-order chi connectivity index (χ0) is 18.5. The van der Waals surface area contributed by atoms with Gasteiger partial charge in [0.1, 0.15) is 12.6 Å². The van der Waals surface area contributed by atoms with Gasteiger partial charge in [-0.2, -0.15) is 0 Å². The number of hydrogen-bond acceptors (Lipinski definition) is 4. The van der Waals surface area contributed by atoms with Crippen LogP contribution in [0.5, 0.6) is 11.5 Å². The van der Waals surface area contributed by atoms with Crippen molar-refractivity contribution in [2.24, 2.45) is 5.92 Å². The Morgan fingerprint density at radius 2 is 1.84 bits per heavy atom. The van der Waals surface area contributed by atoms with E-state index in [2.05, 4.69) is 19.2 Å². The summed E-state index contributed by atoms with van der Waals surface area (Å²) in [6, 6.07) is 5.71. The van der Waals surface area contributed by atoms with Gasteiger partial charge >= 0.3 is 0 Å². The van der Waals surface area contributed by atoms with Gasteiger partial charge in [-0.05, 0) is 30.5 Å². The van der Waals surface area contributed by atoms with E-state index < -0.39 is 6.10 Å². The van der Waals surface area contributed by atoms with E-state index in [-0.39, 0.29) is 0 Å². The van der Waals surface area contributed by atoms with Crippen LogP contribution in [0.15, 0.2) is 18.2 Å². The Bertz CT molecular complexity index is 467. The minimum atomic E-state index is -0.441. The molecule has 0 aliphatic rings. The van der Waals surface area contributed by atoms with E-state index in [0.717, 1.165) is 18.0 Å². The molecule has 0 aliphatic heterocycles. The van der Waals surface area contributed by atoms with E-state index in [1.807, 2.05) is 18.2 Å². The first-order valence-corrected chi connectivity index (χ1v) is 9.42. The van der Waals surface area contributed by atoms with Crippen molar-refractivity contribution >= 4 is 0 Å². The van der Waals surface area contributed by atoms with E-state index in [0.29, 0.717) is 31.3 Å². The van der Waals surface area contributed by atoms with Crippen molar-refractivity contribution in [3.63, 3.8) is 0 Å². The van der Waals surface area contributed by atoms with Crippen LogP contribution in [0, 0.1) is 5.92 Å². The van der Waals surface area contributed by atoms with Crippen molar-refractivity contribution in [1.29, 1.82) is 0 Å². The molecule has 1 rings (SSSR count). The number of rotatable bonds is 14. The highest BCUT2D eigenvalue weighted by atomic mass is 16.5. The normalized spacial score (nSPS) is 13.5. The van der Waals surface area contributed by atoms with Crippen molar-refractivity contribution in [3.8, 4) is 11.5 Å². The molecule has 25 heavy (non-hydrogen) atoms. The monoisotopic (exact) mass is 354 g/mol. The summed E-state index contributed by atoms with van der Waals surface area (Å²) in [5.74, 6) is 2.14. The maximum atomic E-state index is 10.1. The minimum Gasteiger partial charge on any atom is -0.493 e. The summed E-state index contributed by atoms with van der Waals surface area (Å²) in [6.45, 7) is 7.05. The second kappa shape index (κ2) is 13.0. The third kappa shape index (κ3) is 8.56. The number of hydrogen-bond donors (Lipinski definition) is 2. The molecule has 1 aromatic carbocycles. The molecular weight excluding hydrogens is 318 g/mol. The smallest absolute Gasteiger partial charge is 0.161 e. The predicted molar refractivity (Wildman–Crippen MR) is 100 cm³/mol. The van der Waals surface area contributed by atoms with Gasteiger partial charge in [0.2, 0.25) is 0 Å². The van der Waals surface area contributed by atoms with Gasteiger partial charge in [-0.1, -0.05) is 32.8 Å². The Balaban J connectivity index is 2.25. The lowest BCUT2D eigenvalue weighted by atomic mass is 9.99. The molecule has 0 saturated carbocycles. The van der Waals surface area contributed by atoms with Crippen LogP contribution in [0.3, 0.4) is 0 Å².